The van der Waals surface area contributed by atoms with Crippen LogP contribution >= 0.6 is 11.6 Å². The first-order valence-electron chi connectivity index (χ1n) is 10.1. The monoisotopic (exact) mass is 464 g/mol. The van der Waals surface area contributed by atoms with Crippen LogP contribution in [0, 0.1) is 0 Å². The van der Waals surface area contributed by atoms with Gasteiger partial charge in [0.1, 0.15) is 17.3 Å². The smallest absolute Gasteiger partial charge is 0.295 e. The zero-order valence-electron chi connectivity index (χ0n) is 18.0. The Morgan fingerprint density at radius 2 is 1.79 bits per heavy atom. The van der Waals surface area contributed by atoms with Crippen molar-refractivity contribution >= 4 is 29.1 Å². The second-order valence-electron chi connectivity index (χ2n) is 7.39. The van der Waals surface area contributed by atoms with Crippen LogP contribution in [0.1, 0.15) is 22.7 Å². The summed E-state index contributed by atoms with van der Waals surface area (Å²) in [5.41, 5.74) is 1.59. The number of carbonyl (C=O) groups excluding carboxylic acids is 2. The molecule has 1 N–H and O–H groups in total. The molecule has 7 nitrogen and oxygen atoms in total. The fourth-order valence-corrected chi connectivity index (χ4v) is 4.13. The van der Waals surface area contributed by atoms with Crippen molar-refractivity contribution in [3.05, 3.63) is 94.3 Å². The third kappa shape index (κ3) is 4.15. The number of halogens is 1. The molecule has 0 radical (unpaired) electrons. The zero-order chi connectivity index (χ0) is 23.5. The highest BCUT2D eigenvalue weighted by Crippen LogP contribution is 2.43. The van der Waals surface area contributed by atoms with Crippen LogP contribution in [0.2, 0.25) is 5.02 Å². The molecule has 1 aliphatic heterocycles. The molecule has 2 heterocycles. The molecule has 2 aromatic carbocycles. The van der Waals surface area contributed by atoms with E-state index in [0.717, 1.165) is 5.56 Å². The number of likely N-dealkylation sites (tertiary alicyclic amines) is 1. The van der Waals surface area contributed by atoms with Crippen LogP contribution in [-0.2, 0) is 16.1 Å². The van der Waals surface area contributed by atoms with Crippen LogP contribution in [0.5, 0.6) is 11.5 Å². The van der Waals surface area contributed by atoms with Crippen LogP contribution in [-0.4, -0.2) is 40.9 Å². The minimum Gasteiger partial charge on any atom is -0.507 e. The number of pyridine rings is 1. The van der Waals surface area contributed by atoms with E-state index < -0.39 is 17.7 Å². The number of rotatable bonds is 6. The number of aliphatic hydroxyl groups is 1. The standard InChI is InChI=1S/C25H21ClN2O5/c1-32-19-12-18(26)20(33-2)11-17(19)23(29)21-22(16-8-4-3-5-9-16)28(25(31)24(21)30)14-15-7-6-10-27-13-15/h3-13,22,29H,14H2,1-2H3/b23-21+. The molecule has 1 unspecified atom stereocenters. The lowest BCUT2D eigenvalue weighted by molar-refractivity contribution is -0.140. The SMILES string of the molecule is COc1cc(/C(O)=C2\C(=O)C(=O)N(Cc3cccnc3)C2c2ccccc2)c(OC)cc1Cl. The zero-order valence-corrected chi connectivity index (χ0v) is 18.7. The van der Waals surface area contributed by atoms with Crippen LogP contribution in [0.4, 0.5) is 0 Å². The van der Waals surface area contributed by atoms with Gasteiger partial charge in [0.2, 0.25) is 0 Å². The number of Topliss-reactive ketones (excluding diaryl/α,β-unsaturated/α-hetero) is 1. The average Bonchev–Trinajstić information content (AvgIpc) is 3.09. The molecule has 3 aromatic rings. The number of benzene rings is 2. The van der Waals surface area contributed by atoms with Crippen molar-refractivity contribution in [3.63, 3.8) is 0 Å². The van der Waals surface area contributed by atoms with Gasteiger partial charge < -0.3 is 19.5 Å². The van der Waals surface area contributed by atoms with Crippen molar-refractivity contribution in [3.8, 4) is 11.5 Å². The van der Waals surface area contributed by atoms with E-state index in [2.05, 4.69) is 4.98 Å². The first kappa shape index (κ1) is 22.4. The summed E-state index contributed by atoms with van der Waals surface area (Å²) in [5.74, 6) is -1.35. The second-order valence-corrected chi connectivity index (χ2v) is 7.79. The molecule has 1 saturated heterocycles. The number of nitrogens with zero attached hydrogens (tertiary/aromatic N) is 2. The van der Waals surface area contributed by atoms with E-state index in [-0.39, 0.29) is 34.2 Å². The summed E-state index contributed by atoms with van der Waals surface area (Å²) in [6.45, 7) is 0.149. The van der Waals surface area contributed by atoms with Gasteiger partial charge in [-0.3, -0.25) is 14.6 Å². The normalized spacial score (nSPS) is 17.3. The molecule has 1 aromatic heterocycles. The Balaban J connectivity index is 1.91. The lowest BCUT2D eigenvalue weighted by Crippen LogP contribution is -2.29. The van der Waals surface area contributed by atoms with Crippen LogP contribution in [0.15, 0.2) is 72.6 Å². The maximum Gasteiger partial charge on any atom is 0.295 e. The Morgan fingerprint density at radius 3 is 2.42 bits per heavy atom. The second kappa shape index (κ2) is 9.34. The molecule has 0 bridgehead atoms. The number of carbonyl (C=O) groups is 2. The summed E-state index contributed by atoms with van der Waals surface area (Å²) in [6, 6.07) is 14.8. The van der Waals surface area contributed by atoms with E-state index in [4.69, 9.17) is 21.1 Å². The van der Waals surface area contributed by atoms with Crippen LogP contribution in [0.3, 0.4) is 0 Å². The van der Waals surface area contributed by atoms with E-state index in [9.17, 15) is 14.7 Å². The Bertz CT molecular complexity index is 1230. The number of amides is 1. The maximum absolute atomic E-state index is 13.2. The van der Waals surface area contributed by atoms with Gasteiger partial charge in [-0.15, -0.1) is 0 Å². The number of hydrogen-bond donors (Lipinski definition) is 1. The van der Waals surface area contributed by atoms with Gasteiger partial charge in [0.05, 0.1) is 36.4 Å². The largest absolute Gasteiger partial charge is 0.507 e. The summed E-state index contributed by atoms with van der Waals surface area (Å²) in [6.07, 6.45) is 3.26. The molecule has 0 spiro atoms. The average molecular weight is 465 g/mol. The molecule has 0 saturated carbocycles. The Labute approximate surface area is 195 Å². The number of ether oxygens (including phenoxy) is 2. The molecule has 1 aliphatic rings. The Hall–Kier alpha value is -3.84. The summed E-state index contributed by atoms with van der Waals surface area (Å²) in [4.78, 5) is 31.8. The summed E-state index contributed by atoms with van der Waals surface area (Å²) < 4.78 is 10.6. The third-order valence-electron chi connectivity index (χ3n) is 5.46. The fourth-order valence-electron chi connectivity index (χ4n) is 3.90. The highest BCUT2D eigenvalue weighted by atomic mass is 35.5. The predicted molar refractivity (Wildman–Crippen MR) is 123 cm³/mol. The summed E-state index contributed by atoms with van der Waals surface area (Å²) >= 11 is 6.20. The fraction of sp³-hybridized carbons (Fsp3) is 0.160. The van der Waals surface area contributed by atoms with Gasteiger partial charge in [-0.25, -0.2) is 0 Å². The number of aromatic nitrogens is 1. The molecule has 33 heavy (non-hydrogen) atoms. The van der Waals surface area contributed by atoms with Gasteiger partial charge in [0.15, 0.2) is 0 Å². The molecular weight excluding hydrogens is 444 g/mol. The number of aliphatic hydroxyl groups excluding tert-OH is 1. The molecule has 1 atom stereocenters. The van der Waals surface area contributed by atoms with Crippen molar-refractivity contribution in [1.29, 1.82) is 0 Å². The number of methoxy groups -OCH3 is 2. The van der Waals surface area contributed by atoms with Crippen molar-refractivity contribution in [2.45, 2.75) is 12.6 Å². The van der Waals surface area contributed by atoms with Gasteiger partial charge in [0.25, 0.3) is 11.7 Å². The topological polar surface area (TPSA) is 89.0 Å². The molecule has 8 heteroatoms. The number of hydrogen-bond acceptors (Lipinski definition) is 6. The number of ketones is 1. The lowest BCUT2D eigenvalue weighted by Gasteiger charge is -2.25. The Morgan fingerprint density at radius 1 is 1.06 bits per heavy atom. The van der Waals surface area contributed by atoms with E-state index in [0.29, 0.717) is 11.3 Å². The predicted octanol–water partition coefficient (Wildman–Crippen LogP) is 4.37. The van der Waals surface area contributed by atoms with Crippen molar-refractivity contribution < 1.29 is 24.2 Å². The summed E-state index contributed by atoms with van der Waals surface area (Å²) in [7, 11) is 2.86. The van der Waals surface area contributed by atoms with E-state index in [1.54, 1.807) is 30.6 Å². The molecule has 0 aliphatic carbocycles. The van der Waals surface area contributed by atoms with Gasteiger partial charge in [-0.2, -0.15) is 0 Å². The maximum atomic E-state index is 13.2. The molecular formula is C25H21ClN2O5. The van der Waals surface area contributed by atoms with Crippen LogP contribution in [0.25, 0.3) is 5.76 Å². The van der Waals surface area contributed by atoms with E-state index in [1.165, 1.54) is 31.3 Å². The minimum atomic E-state index is -0.808. The Kier molecular flexibility index (Phi) is 6.33. The summed E-state index contributed by atoms with van der Waals surface area (Å²) in [5, 5.41) is 11.6. The van der Waals surface area contributed by atoms with E-state index >= 15 is 0 Å². The molecule has 1 amide bonds. The van der Waals surface area contributed by atoms with Gasteiger partial charge >= 0.3 is 0 Å². The molecule has 1 fully saturated rings. The first-order valence-corrected chi connectivity index (χ1v) is 10.5. The highest BCUT2D eigenvalue weighted by molar-refractivity contribution is 6.46. The first-order chi connectivity index (χ1) is 16.0. The minimum absolute atomic E-state index is 0.0437. The van der Waals surface area contributed by atoms with Crippen LogP contribution < -0.4 is 9.47 Å². The molecule has 168 valence electrons. The van der Waals surface area contributed by atoms with Crippen molar-refractivity contribution in [2.24, 2.45) is 0 Å². The highest BCUT2D eigenvalue weighted by Gasteiger charge is 2.46. The molecule has 4 rings (SSSR count). The van der Waals surface area contributed by atoms with Gasteiger partial charge in [-0.1, -0.05) is 48.0 Å². The third-order valence-corrected chi connectivity index (χ3v) is 5.76. The van der Waals surface area contributed by atoms with Gasteiger partial charge in [0, 0.05) is 25.0 Å². The lowest BCUT2D eigenvalue weighted by atomic mass is 9.95. The quantitative estimate of drug-likeness (QED) is 0.331. The van der Waals surface area contributed by atoms with Crippen molar-refractivity contribution in [2.75, 3.05) is 14.2 Å². The van der Waals surface area contributed by atoms with E-state index in [1.807, 2.05) is 24.3 Å². The van der Waals surface area contributed by atoms with Gasteiger partial charge in [-0.05, 0) is 23.3 Å². The van der Waals surface area contributed by atoms with Crippen molar-refractivity contribution in [1.82, 2.24) is 9.88 Å².